The molecular weight excluding hydrogens is 388 g/mol. The van der Waals surface area contributed by atoms with Gasteiger partial charge in [-0.05, 0) is 38.1 Å². The second-order valence-corrected chi connectivity index (χ2v) is 7.98. The van der Waals surface area contributed by atoms with E-state index in [1.54, 1.807) is 25.6 Å². The lowest BCUT2D eigenvalue weighted by Gasteiger charge is -2.11. The van der Waals surface area contributed by atoms with E-state index in [-0.39, 0.29) is 11.7 Å². The molecule has 3 aromatic rings. The minimum Gasteiger partial charge on any atom is -0.324 e. The van der Waals surface area contributed by atoms with E-state index in [2.05, 4.69) is 21.4 Å². The smallest absolute Gasteiger partial charge is 0.234 e. The summed E-state index contributed by atoms with van der Waals surface area (Å²) < 4.78 is 0. The minimum atomic E-state index is -0.149. The number of nitriles is 1. The molecule has 1 heterocycles. The summed E-state index contributed by atoms with van der Waals surface area (Å²) in [6.45, 7) is 3.55. The molecule has 0 saturated heterocycles. The summed E-state index contributed by atoms with van der Waals surface area (Å²) in [5.74, 6) is 0.600. The van der Waals surface area contributed by atoms with Crippen molar-refractivity contribution < 1.29 is 4.79 Å². The van der Waals surface area contributed by atoms with Gasteiger partial charge in [-0.25, -0.2) is 9.97 Å². The predicted molar refractivity (Wildman–Crippen MR) is 113 cm³/mol. The van der Waals surface area contributed by atoms with Gasteiger partial charge in [0.2, 0.25) is 5.91 Å². The highest BCUT2D eigenvalue weighted by molar-refractivity contribution is 8.00. The van der Waals surface area contributed by atoms with Crippen molar-refractivity contribution in [3.05, 3.63) is 71.7 Å². The molecule has 1 aromatic heterocycles. The summed E-state index contributed by atoms with van der Waals surface area (Å²) in [6, 6.07) is 19.8. The molecule has 0 aliphatic rings. The quantitative estimate of drug-likeness (QED) is 0.466. The number of nitrogens with zero attached hydrogens (tertiary/aromatic N) is 3. The third-order valence-electron chi connectivity index (χ3n) is 3.75. The van der Waals surface area contributed by atoms with Gasteiger partial charge in [0.1, 0.15) is 22.5 Å². The molecule has 140 valence electrons. The van der Waals surface area contributed by atoms with Crippen LogP contribution in [0.5, 0.6) is 0 Å². The zero-order valence-corrected chi connectivity index (χ0v) is 17.1. The van der Waals surface area contributed by atoms with Gasteiger partial charge in [0.05, 0.1) is 17.1 Å². The van der Waals surface area contributed by atoms with Crippen molar-refractivity contribution in [2.24, 2.45) is 0 Å². The number of amides is 1. The Hall–Kier alpha value is -2.82. The fourth-order valence-corrected chi connectivity index (χ4v) is 4.31. The van der Waals surface area contributed by atoms with Gasteiger partial charge in [0, 0.05) is 9.79 Å². The molecule has 0 saturated carbocycles. The molecule has 5 nitrogen and oxygen atoms in total. The van der Waals surface area contributed by atoms with Gasteiger partial charge < -0.3 is 5.32 Å². The summed E-state index contributed by atoms with van der Waals surface area (Å²) >= 11 is 2.84. The zero-order valence-electron chi connectivity index (χ0n) is 15.5. The largest absolute Gasteiger partial charge is 0.324 e. The topological polar surface area (TPSA) is 78.7 Å². The van der Waals surface area contributed by atoms with Crippen LogP contribution in [0.25, 0.3) is 0 Å². The van der Waals surface area contributed by atoms with Gasteiger partial charge in [-0.2, -0.15) is 5.26 Å². The maximum atomic E-state index is 12.5. The zero-order chi connectivity index (χ0) is 19.9. The lowest BCUT2D eigenvalue weighted by molar-refractivity contribution is -0.113. The number of carbonyl (C=O) groups excluding carboxylic acids is 1. The average Bonchev–Trinajstić information content (AvgIpc) is 2.68. The molecule has 0 radical (unpaired) electrons. The number of rotatable bonds is 6. The van der Waals surface area contributed by atoms with Gasteiger partial charge in [-0.1, -0.05) is 53.9 Å². The number of nitrogens with one attached hydrogen (secondary N) is 1. The van der Waals surface area contributed by atoms with E-state index in [9.17, 15) is 10.1 Å². The fourth-order valence-electron chi connectivity index (χ4n) is 2.51. The van der Waals surface area contributed by atoms with Crippen LogP contribution >= 0.6 is 23.5 Å². The van der Waals surface area contributed by atoms with Crippen LogP contribution < -0.4 is 5.32 Å². The Morgan fingerprint density at radius 3 is 2.54 bits per heavy atom. The number of benzene rings is 2. The van der Waals surface area contributed by atoms with Crippen LogP contribution in [0, 0.1) is 25.2 Å². The number of anilines is 1. The van der Waals surface area contributed by atoms with E-state index in [0.717, 1.165) is 15.5 Å². The molecule has 1 N–H and O–H groups in total. The number of carbonyl (C=O) groups is 1. The molecule has 0 aliphatic heterocycles. The first-order valence-corrected chi connectivity index (χ1v) is 10.4. The predicted octanol–water partition coefficient (Wildman–Crippen LogP) is 4.85. The standard InChI is InChI=1S/C21H18N4OS2/c1-14-17(12-22)21(24-15(2)23-14)27-13-20(26)25-18-10-6-7-11-19(18)28-16-8-4-3-5-9-16/h3-11H,13H2,1-2H3,(H,25,26). The van der Waals surface area contributed by atoms with Crippen LogP contribution in [0.15, 0.2) is 69.4 Å². The summed E-state index contributed by atoms with van der Waals surface area (Å²) in [7, 11) is 0. The van der Waals surface area contributed by atoms with E-state index in [1.807, 2.05) is 54.6 Å². The first-order chi connectivity index (χ1) is 13.6. The van der Waals surface area contributed by atoms with Crippen molar-refractivity contribution in [2.75, 3.05) is 11.1 Å². The lowest BCUT2D eigenvalue weighted by Crippen LogP contribution is -2.15. The number of aromatic nitrogens is 2. The number of para-hydroxylation sites is 1. The molecule has 0 aliphatic carbocycles. The molecule has 0 spiro atoms. The van der Waals surface area contributed by atoms with Crippen molar-refractivity contribution in [3.63, 3.8) is 0 Å². The monoisotopic (exact) mass is 406 g/mol. The van der Waals surface area contributed by atoms with Crippen LogP contribution in [0.3, 0.4) is 0 Å². The van der Waals surface area contributed by atoms with E-state index in [1.165, 1.54) is 11.8 Å². The summed E-state index contributed by atoms with van der Waals surface area (Å²) in [5, 5.41) is 12.8. The Bertz CT molecular complexity index is 1030. The molecule has 0 unspecified atom stereocenters. The van der Waals surface area contributed by atoms with E-state index in [4.69, 9.17) is 0 Å². The Morgan fingerprint density at radius 1 is 1.07 bits per heavy atom. The van der Waals surface area contributed by atoms with Gasteiger partial charge in [0.25, 0.3) is 0 Å². The second-order valence-electron chi connectivity index (χ2n) is 5.90. The normalized spacial score (nSPS) is 10.3. The molecule has 28 heavy (non-hydrogen) atoms. The van der Waals surface area contributed by atoms with Crippen LogP contribution in [0.2, 0.25) is 0 Å². The molecule has 1 amide bonds. The first kappa shape index (κ1) is 19.9. The number of aryl methyl sites for hydroxylation is 2. The van der Waals surface area contributed by atoms with Gasteiger partial charge in [-0.3, -0.25) is 4.79 Å². The summed E-state index contributed by atoms with van der Waals surface area (Å²) in [6.07, 6.45) is 0. The van der Waals surface area contributed by atoms with Crippen LogP contribution in [0.4, 0.5) is 5.69 Å². The highest BCUT2D eigenvalue weighted by atomic mass is 32.2. The molecule has 0 fully saturated rings. The average molecular weight is 407 g/mol. The minimum absolute atomic E-state index is 0.149. The van der Waals surface area contributed by atoms with E-state index < -0.39 is 0 Å². The van der Waals surface area contributed by atoms with Crippen molar-refractivity contribution in [2.45, 2.75) is 28.7 Å². The number of thioether (sulfide) groups is 1. The Morgan fingerprint density at radius 2 is 1.79 bits per heavy atom. The van der Waals surface area contributed by atoms with Gasteiger partial charge >= 0.3 is 0 Å². The van der Waals surface area contributed by atoms with E-state index >= 15 is 0 Å². The van der Waals surface area contributed by atoms with Crippen molar-refractivity contribution in [3.8, 4) is 6.07 Å². The highest BCUT2D eigenvalue weighted by Gasteiger charge is 2.13. The Kier molecular flexibility index (Phi) is 6.69. The van der Waals surface area contributed by atoms with Crippen LogP contribution in [0.1, 0.15) is 17.1 Å². The van der Waals surface area contributed by atoms with Gasteiger partial charge in [0.15, 0.2) is 0 Å². The van der Waals surface area contributed by atoms with Crippen LogP contribution in [-0.4, -0.2) is 21.6 Å². The number of hydrogen-bond donors (Lipinski definition) is 1. The van der Waals surface area contributed by atoms with Gasteiger partial charge in [-0.15, -0.1) is 0 Å². The second kappa shape index (κ2) is 9.40. The SMILES string of the molecule is Cc1nc(C)c(C#N)c(SCC(=O)Nc2ccccc2Sc2ccccc2)n1. The Balaban J connectivity index is 1.69. The fraction of sp³-hybridized carbons (Fsp3) is 0.143. The summed E-state index contributed by atoms with van der Waals surface area (Å²) in [4.78, 5) is 23.1. The molecule has 3 rings (SSSR count). The lowest BCUT2D eigenvalue weighted by atomic mass is 10.3. The maximum Gasteiger partial charge on any atom is 0.234 e. The molecule has 0 bridgehead atoms. The first-order valence-electron chi connectivity index (χ1n) is 8.56. The molecule has 0 atom stereocenters. The Labute approximate surface area is 172 Å². The highest BCUT2D eigenvalue weighted by Crippen LogP contribution is 2.33. The molecular formula is C21H18N4OS2. The van der Waals surface area contributed by atoms with E-state index in [0.29, 0.717) is 22.1 Å². The molecule has 2 aromatic carbocycles. The third kappa shape index (κ3) is 5.12. The van der Waals surface area contributed by atoms with Crippen molar-refractivity contribution in [1.82, 2.24) is 9.97 Å². The van der Waals surface area contributed by atoms with Crippen molar-refractivity contribution in [1.29, 1.82) is 5.26 Å². The third-order valence-corrected chi connectivity index (χ3v) is 5.81. The molecule has 7 heteroatoms. The van der Waals surface area contributed by atoms with Crippen LogP contribution in [-0.2, 0) is 4.79 Å². The number of hydrogen-bond acceptors (Lipinski definition) is 6. The maximum absolute atomic E-state index is 12.5. The van der Waals surface area contributed by atoms with Crippen molar-refractivity contribution >= 4 is 35.1 Å². The summed E-state index contributed by atoms with van der Waals surface area (Å²) in [5.41, 5.74) is 1.81.